The van der Waals surface area contributed by atoms with E-state index in [2.05, 4.69) is 9.97 Å². The molecule has 1 saturated heterocycles. The molecule has 0 aliphatic carbocycles. The minimum Gasteiger partial charge on any atom is -0.471 e. The average molecular weight is 375 g/mol. The minimum absolute atomic E-state index is 0.00248. The third-order valence-electron chi connectivity index (χ3n) is 3.93. The van der Waals surface area contributed by atoms with Crippen LogP contribution in [-0.2, 0) is 0 Å². The van der Waals surface area contributed by atoms with Crippen LogP contribution in [0.4, 0.5) is 0 Å². The van der Waals surface area contributed by atoms with Crippen LogP contribution in [0.2, 0.25) is 5.02 Å². The number of nitrogens with zero attached hydrogens (tertiary/aromatic N) is 4. The Labute approximate surface area is 153 Å². The van der Waals surface area contributed by atoms with Gasteiger partial charge in [-0.3, -0.25) is 4.79 Å². The van der Waals surface area contributed by atoms with Crippen LogP contribution < -0.4 is 4.74 Å². The zero-order chi connectivity index (χ0) is 17.4. The Hall–Kier alpha value is -2.38. The molecule has 4 rings (SSSR count). The highest BCUT2D eigenvalue weighted by Crippen LogP contribution is 2.26. The molecular weight excluding hydrogens is 360 g/mol. The van der Waals surface area contributed by atoms with Gasteiger partial charge in [-0.2, -0.15) is 0 Å². The van der Waals surface area contributed by atoms with Crippen molar-refractivity contribution in [1.29, 1.82) is 0 Å². The van der Waals surface area contributed by atoms with Gasteiger partial charge in [-0.05, 0) is 25.1 Å². The van der Waals surface area contributed by atoms with Gasteiger partial charge >= 0.3 is 0 Å². The summed E-state index contributed by atoms with van der Waals surface area (Å²) in [6.45, 7) is 2.95. The summed E-state index contributed by atoms with van der Waals surface area (Å²) in [5, 5.41) is 1.36. The summed E-state index contributed by atoms with van der Waals surface area (Å²) >= 11 is 7.21. The standard InChI is InChI=1S/C17H15ClN4O2S/c1-11-15(25-17(20-11)21-6-2-3-7-21)16(23)22-9-13(10-22)24-14-5-4-12(18)8-19-14/h2-8,13H,9-10H2,1H3. The Kier molecular flexibility index (Phi) is 4.19. The average Bonchev–Trinajstić information content (AvgIpc) is 3.21. The molecule has 0 saturated carbocycles. The van der Waals surface area contributed by atoms with E-state index in [1.54, 1.807) is 23.2 Å². The largest absolute Gasteiger partial charge is 0.471 e. The predicted molar refractivity (Wildman–Crippen MR) is 95.7 cm³/mol. The number of ether oxygens (including phenoxy) is 1. The van der Waals surface area contributed by atoms with Crippen LogP contribution in [0.1, 0.15) is 15.4 Å². The van der Waals surface area contributed by atoms with Gasteiger partial charge in [0.1, 0.15) is 11.0 Å². The predicted octanol–water partition coefficient (Wildman–Crippen LogP) is 3.19. The number of aryl methyl sites for hydroxylation is 1. The number of aromatic nitrogens is 3. The normalized spacial score (nSPS) is 14.4. The van der Waals surface area contributed by atoms with Gasteiger partial charge in [-0.1, -0.05) is 22.9 Å². The Bertz CT molecular complexity index is 886. The van der Waals surface area contributed by atoms with Crippen LogP contribution in [0.25, 0.3) is 5.13 Å². The van der Waals surface area contributed by atoms with Crippen LogP contribution >= 0.6 is 22.9 Å². The molecule has 0 spiro atoms. The topological polar surface area (TPSA) is 60.2 Å². The first kappa shape index (κ1) is 16.1. The first-order chi connectivity index (χ1) is 12.1. The molecule has 0 radical (unpaired) electrons. The molecule has 0 aromatic carbocycles. The quantitative estimate of drug-likeness (QED) is 0.703. The Morgan fingerprint density at radius 3 is 2.76 bits per heavy atom. The molecular formula is C17H15ClN4O2S. The fourth-order valence-electron chi connectivity index (χ4n) is 2.58. The van der Waals surface area contributed by atoms with E-state index < -0.39 is 0 Å². The zero-order valence-corrected chi connectivity index (χ0v) is 15.0. The molecule has 128 valence electrons. The van der Waals surface area contributed by atoms with Crippen molar-refractivity contribution in [2.45, 2.75) is 13.0 Å². The number of likely N-dealkylation sites (tertiary alicyclic amines) is 1. The molecule has 4 heterocycles. The summed E-state index contributed by atoms with van der Waals surface area (Å²) in [5.41, 5.74) is 0.752. The molecule has 1 aliphatic rings. The lowest BCUT2D eigenvalue weighted by Gasteiger charge is -2.38. The first-order valence-corrected chi connectivity index (χ1v) is 8.98. The van der Waals surface area contributed by atoms with Gasteiger partial charge in [0.2, 0.25) is 5.88 Å². The van der Waals surface area contributed by atoms with E-state index in [4.69, 9.17) is 16.3 Å². The summed E-state index contributed by atoms with van der Waals surface area (Å²) in [6, 6.07) is 7.32. The lowest BCUT2D eigenvalue weighted by Crippen LogP contribution is -2.56. The zero-order valence-electron chi connectivity index (χ0n) is 13.4. The number of hydrogen-bond donors (Lipinski definition) is 0. The number of halogens is 1. The summed E-state index contributed by atoms with van der Waals surface area (Å²) < 4.78 is 7.64. The van der Waals surface area contributed by atoms with Gasteiger partial charge in [0, 0.05) is 24.7 Å². The summed E-state index contributed by atoms with van der Waals surface area (Å²) in [7, 11) is 0. The van der Waals surface area contributed by atoms with Crippen LogP contribution in [0, 0.1) is 6.92 Å². The maximum absolute atomic E-state index is 12.7. The summed E-state index contributed by atoms with van der Waals surface area (Å²) in [4.78, 5) is 23.7. The van der Waals surface area contributed by atoms with Crippen LogP contribution in [-0.4, -0.2) is 44.5 Å². The molecule has 3 aromatic heterocycles. The fraction of sp³-hybridized carbons (Fsp3) is 0.235. The fourth-order valence-corrected chi connectivity index (χ4v) is 3.69. The van der Waals surface area contributed by atoms with E-state index in [0.29, 0.717) is 28.9 Å². The number of thiazole rings is 1. The molecule has 0 atom stereocenters. The van der Waals surface area contributed by atoms with E-state index in [1.165, 1.54) is 11.3 Å². The highest BCUT2D eigenvalue weighted by atomic mass is 35.5. The van der Waals surface area contributed by atoms with Crippen molar-refractivity contribution in [2.75, 3.05) is 13.1 Å². The SMILES string of the molecule is Cc1nc(-n2cccc2)sc1C(=O)N1CC(Oc2ccc(Cl)cn2)C1. The summed E-state index contributed by atoms with van der Waals surface area (Å²) in [6.07, 6.45) is 5.33. The van der Waals surface area contributed by atoms with E-state index in [-0.39, 0.29) is 12.0 Å². The lowest BCUT2D eigenvalue weighted by atomic mass is 10.1. The lowest BCUT2D eigenvalue weighted by molar-refractivity contribution is 0.0163. The molecule has 3 aromatic rings. The van der Waals surface area contributed by atoms with E-state index in [1.807, 2.05) is 36.0 Å². The number of pyridine rings is 1. The molecule has 0 N–H and O–H groups in total. The maximum atomic E-state index is 12.7. The second kappa shape index (κ2) is 6.50. The first-order valence-electron chi connectivity index (χ1n) is 7.78. The number of carbonyl (C=O) groups is 1. The van der Waals surface area contributed by atoms with Crippen molar-refractivity contribution in [2.24, 2.45) is 0 Å². The molecule has 1 aliphatic heterocycles. The van der Waals surface area contributed by atoms with Crippen molar-refractivity contribution in [3.8, 4) is 11.0 Å². The molecule has 25 heavy (non-hydrogen) atoms. The van der Waals surface area contributed by atoms with E-state index in [9.17, 15) is 4.79 Å². The Morgan fingerprint density at radius 2 is 2.08 bits per heavy atom. The van der Waals surface area contributed by atoms with Crippen LogP contribution in [0.15, 0.2) is 42.9 Å². The van der Waals surface area contributed by atoms with Crippen molar-refractivity contribution in [3.05, 3.63) is 58.4 Å². The van der Waals surface area contributed by atoms with E-state index in [0.717, 1.165) is 10.8 Å². The highest BCUT2D eigenvalue weighted by molar-refractivity contribution is 7.16. The second-order valence-corrected chi connectivity index (χ2v) is 7.18. The monoisotopic (exact) mass is 374 g/mol. The molecule has 8 heteroatoms. The summed E-state index contributed by atoms with van der Waals surface area (Å²) in [5.74, 6) is 0.516. The third-order valence-corrected chi connectivity index (χ3v) is 5.31. The number of carbonyl (C=O) groups excluding carboxylic acids is 1. The van der Waals surface area contributed by atoms with Crippen LogP contribution in [0.5, 0.6) is 5.88 Å². The van der Waals surface area contributed by atoms with Gasteiger partial charge < -0.3 is 14.2 Å². The van der Waals surface area contributed by atoms with Crippen molar-refractivity contribution >= 4 is 28.8 Å². The van der Waals surface area contributed by atoms with Gasteiger partial charge in [0.05, 0.1) is 23.8 Å². The molecule has 0 unspecified atom stereocenters. The number of amides is 1. The third kappa shape index (κ3) is 3.25. The van der Waals surface area contributed by atoms with Crippen LogP contribution in [0.3, 0.4) is 0 Å². The molecule has 1 amide bonds. The number of rotatable bonds is 4. The Balaban J connectivity index is 1.39. The number of hydrogen-bond acceptors (Lipinski definition) is 5. The van der Waals surface area contributed by atoms with Gasteiger partial charge in [0.15, 0.2) is 5.13 Å². The van der Waals surface area contributed by atoms with Crippen molar-refractivity contribution < 1.29 is 9.53 Å². The van der Waals surface area contributed by atoms with E-state index >= 15 is 0 Å². The van der Waals surface area contributed by atoms with Gasteiger partial charge in [0.25, 0.3) is 5.91 Å². The smallest absolute Gasteiger partial charge is 0.266 e. The van der Waals surface area contributed by atoms with Crippen molar-refractivity contribution in [1.82, 2.24) is 19.4 Å². The molecule has 1 fully saturated rings. The second-order valence-electron chi connectivity index (χ2n) is 5.77. The van der Waals surface area contributed by atoms with Crippen molar-refractivity contribution in [3.63, 3.8) is 0 Å². The minimum atomic E-state index is -0.0465. The molecule has 0 bridgehead atoms. The van der Waals surface area contributed by atoms with Gasteiger partial charge in [-0.25, -0.2) is 9.97 Å². The Morgan fingerprint density at radius 1 is 1.32 bits per heavy atom. The maximum Gasteiger partial charge on any atom is 0.266 e. The molecule has 6 nitrogen and oxygen atoms in total. The highest BCUT2D eigenvalue weighted by Gasteiger charge is 2.34. The van der Waals surface area contributed by atoms with Gasteiger partial charge in [-0.15, -0.1) is 0 Å².